The molecule has 1 fully saturated rings. The fraction of sp³-hybridized carbons (Fsp3) is 0.600. The molecule has 1 saturated heterocycles. The molecule has 0 unspecified atom stereocenters. The summed E-state index contributed by atoms with van der Waals surface area (Å²) in [5.74, 6) is 1.21. The molecule has 2 rings (SSSR count). The van der Waals surface area contributed by atoms with Crippen LogP contribution in [-0.2, 0) is 0 Å². The molecule has 1 aliphatic heterocycles. The Morgan fingerprint density at radius 2 is 2.33 bits per heavy atom. The first kappa shape index (κ1) is 12.5. The first-order valence-electron chi connectivity index (χ1n) is 5.96. The van der Waals surface area contributed by atoms with Gasteiger partial charge in [-0.15, -0.1) is 5.10 Å². The maximum atomic E-state index is 10.9. The van der Waals surface area contributed by atoms with Crippen LogP contribution in [0.3, 0.4) is 0 Å². The SMILES string of the molecule is CCOn1nc(N2CCNCC2)cc1NC(N)=O. The number of primary amides is 1. The molecule has 1 aromatic heterocycles. The van der Waals surface area contributed by atoms with E-state index in [2.05, 4.69) is 20.6 Å². The standard InChI is InChI=1S/C10H18N6O2/c1-2-18-16-8(13-10(11)17)7-9(14-16)15-5-3-12-4-6-15/h7,12H,2-6H2,1H3,(H3,11,13,17). The summed E-state index contributed by atoms with van der Waals surface area (Å²) in [6.45, 7) is 5.88. The topological polar surface area (TPSA) is 97.4 Å². The number of carbonyl (C=O) groups is 1. The van der Waals surface area contributed by atoms with Crippen LogP contribution in [0.5, 0.6) is 0 Å². The summed E-state index contributed by atoms with van der Waals surface area (Å²) in [6.07, 6.45) is 0. The van der Waals surface area contributed by atoms with Crippen LogP contribution in [0.25, 0.3) is 0 Å². The van der Waals surface area contributed by atoms with Crippen molar-refractivity contribution in [3.63, 3.8) is 0 Å². The van der Waals surface area contributed by atoms with E-state index in [0.29, 0.717) is 12.4 Å². The van der Waals surface area contributed by atoms with E-state index in [-0.39, 0.29) is 0 Å². The van der Waals surface area contributed by atoms with Gasteiger partial charge in [0.25, 0.3) is 0 Å². The second-order valence-electron chi connectivity index (χ2n) is 3.90. The molecule has 0 radical (unpaired) electrons. The highest BCUT2D eigenvalue weighted by Crippen LogP contribution is 2.18. The Morgan fingerprint density at radius 1 is 1.61 bits per heavy atom. The second kappa shape index (κ2) is 5.58. The summed E-state index contributed by atoms with van der Waals surface area (Å²) >= 11 is 0. The van der Waals surface area contributed by atoms with Gasteiger partial charge < -0.3 is 20.8 Å². The minimum absolute atomic E-state index is 0.442. The van der Waals surface area contributed by atoms with Crippen molar-refractivity contribution in [2.45, 2.75) is 6.92 Å². The van der Waals surface area contributed by atoms with Gasteiger partial charge in [-0.3, -0.25) is 5.32 Å². The van der Waals surface area contributed by atoms with E-state index in [4.69, 9.17) is 10.6 Å². The van der Waals surface area contributed by atoms with Crippen molar-refractivity contribution in [3.8, 4) is 0 Å². The fourth-order valence-electron chi connectivity index (χ4n) is 1.83. The summed E-state index contributed by atoms with van der Waals surface area (Å²) in [5, 5.41) is 10.1. The van der Waals surface area contributed by atoms with Crippen LogP contribution in [0.15, 0.2) is 6.07 Å². The average molecular weight is 254 g/mol. The second-order valence-corrected chi connectivity index (χ2v) is 3.90. The number of anilines is 2. The van der Waals surface area contributed by atoms with Crippen molar-refractivity contribution in [2.24, 2.45) is 5.73 Å². The Kier molecular flexibility index (Phi) is 3.88. The Bertz CT molecular complexity index is 413. The molecule has 100 valence electrons. The lowest BCUT2D eigenvalue weighted by atomic mass is 10.3. The number of nitrogens with zero attached hydrogens (tertiary/aromatic N) is 3. The molecule has 0 bridgehead atoms. The number of rotatable bonds is 4. The molecule has 8 heteroatoms. The van der Waals surface area contributed by atoms with Crippen LogP contribution in [-0.4, -0.2) is 48.8 Å². The molecule has 1 aliphatic rings. The fourth-order valence-corrected chi connectivity index (χ4v) is 1.83. The van der Waals surface area contributed by atoms with Crippen LogP contribution < -0.4 is 26.1 Å². The number of urea groups is 1. The van der Waals surface area contributed by atoms with Crippen molar-refractivity contribution >= 4 is 17.7 Å². The maximum absolute atomic E-state index is 10.9. The third-order valence-corrected chi connectivity index (χ3v) is 2.61. The normalized spacial score (nSPS) is 15.5. The number of carbonyl (C=O) groups excluding carboxylic acids is 1. The number of amides is 2. The Hall–Kier alpha value is -1.96. The third-order valence-electron chi connectivity index (χ3n) is 2.61. The maximum Gasteiger partial charge on any atom is 0.317 e. The molecule has 2 heterocycles. The molecule has 0 aliphatic carbocycles. The van der Waals surface area contributed by atoms with Crippen molar-refractivity contribution in [1.29, 1.82) is 0 Å². The van der Waals surface area contributed by atoms with Crippen molar-refractivity contribution < 1.29 is 9.63 Å². The van der Waals surface area contributed by atoms with Gasteiger partial charge in [-0.05, 0) is 6.92 Å². The molecular weight excluding hydrogens is 236 g/mol. The zero-order valence-corrected chi connectivity index (χ0v) is 10.3. The van der Waals surface area contributed by atoms with E-state index in [1.165, 1.54) is 4.85 Å². The van der Waals surface area contributed by atoms with Crippen LogP contribution in [0.2, 0.25) is 0 Å². The number of nitrogens with two attached hydrogens (primary N) is 1. The van der Waals surface area contributed by atoms with Gasteiger partial charge in [0.2, 0.25) is 0 Å². The lowest BCUT2D eigenvalue weighted by Gasteiger charge is -2.26. The molecule has 18 heavy (non-hydrogen) atoms. The quantitative estimate of drug-likeness (QED) is 0.655. The summed E-state index contributed by atoms with van der Waals surface area (Å²) < 4.78 is 0. The van der Waals surface area contributed by atoms with Gasteiger partial charge in [-0.2, -0.15) is 0 Å². The van der Waals surface area contributed by atoms with Crippen molar-refractivity contribution in [3.05, 3.63) is 6.07 Å². The lowest BCUT2D eigenvalue weighted by Crippen LogP contribution is -2.43. The number of aromatic nitrogens is 2. The zero-order valence-electron chi connectivity index (χ0n) is 10.3. The third kappa shape index (κ3) is 2.83. The van der Waals surface area contributed by atoms with Crippen LogP contribution in [0, 0.1) is 0 Å². The Balaban J connectivity index is 2.17. The first-order valence-corrected chi connectivity index (χ1v) is 5.96. The minimum Gasteiger partial charge on any atom is -0.395 e. The van der Waals surface area contributed by atoms with Crippen LogP contribution in [0.4, 0.5) is 16.4 Å². The molecule has 0 spiro atoms. The summed E-state index contributed by atoms with van der Waals surface area (Å²) in [4.78, 5) is 19.6. The highest BCUT2D eigenvalue weighted by atomic mass is 16.7. The predicted octanol–water partition coefficient (Wildman–Crippen LogP) is -0.768. The number of piperazine rings is 1. The molecular formula is C10H18N6O2. The minimum atomic E-state index is -0.636. The smallest absolute Gasteiger partial charge is 0.317 e. The predicted molar refractivity (Wildman–Crippen MR) is 67.6 cm³/mol. The number of hydrogen-bond donors (Lipinski definition) is 3. The monoisotopic (exact) mass is 254 g/mol. The van der Waals surface area contributed by atoms with Gasteiger partial charge in [-0.1, -0.05) is 4.85 Å². The molecule has 0 saturated carbocycles. The van der Waals surface area contributed by atoms with Crippen molar-refractivity contribution in [2.75, 3.05) is 43.0 Å². The first-order chi connectivity index (χ1) is 8.70. The van der Waals surface area contributed by atoms with E-state index < -0.39 is 6.03 Å². The molecule has 1 aromatic rings. The van der Waals surface area contributed by atoms with E-state index in [1.54, 1.807) is 6.07 Å². The molecule has 4 N–H and O–H groups in total. The summed E-state index contributed by atoms with van der Waals surface area (Å²) in [6, 6.07) is 1.12. The summed E-state index contributed by atoms with van der Waals surface area (Å²) in [7, 11) is 0. The Labute approximate surface area is 105 Å². The van der Waals surface area contributed by atoms with Gasteiger partial charge in [0.15, 0.2) is 11.6 Å². The van der Waals surface area contributed by atoms with Gasteiger partial charge in [0.05, 0.1) is 0 Å². The molecule has 0 atom stereocenters. The number of nitrogens with one attached hydrogen (secondary N) is 2. The van der Waals surface area contributed by atoms with Gasteiger partial charge in [0.1, 0.15) is 6.61 Å². The lowest BCUT2D eigenvalue weighted by molar-refractivity contribution is 0.0977. The van der Waals surface area contributed by atoms with Crippen LogP contribution in [0.1, 0.15) is 6.92 Å². The van der Waals surface area contributed by atoms with E-state index in [9.17, 15) is 4.79 Å². The largest absolute Gasteiger partial charge is 0.395 e. The van der Waals surface area contributed by atoms with Gasteiger partial charge in [0, 0.05) is 32.2 Å². The molecule has 0 aromatic carbocycles. The van der Waals surface area contributed by atoms with Gasteiger partial charge >= 0.3 is 6.03 Å². The average Bonchev–Trinajstić information content (AvgIpc) is 2.73. The highest BCUT2D eigenvalue weighted by Gasteiger charge is 2.17. The van der Waals surface area contributed by atoms with Crippen LogP contribution >= 0.6 is 0 Å². The summed E-state index contributed by atoms with van der Waals surface area (Å²) in [5.41, 5.74) is 5.11. The molecule has 8 nitrogen and oxygen atoms in total. The van der Waals surface area contributed by atoms with Gasteiger partial charge in [-0.25, -0.2) is 4.79 Å². The Morgan fingerprint density at radius 3 is 2.94 bits per heavy atom. The van der Waals surface area contributed by atoms with E-state index >= 15 is 0 Å². The van der Waals surface area contributed by atoms with E-state index in [1.807, 2.05) is 6.92 Å². The molecule has 2 amide bonds. The van der Waals surface area contributed by atoms with E-state index in [0.717, 1.165) is 32.0 Å². The zero-order chi connectivity index (χ0) is 13.0. The number of hydrogen-bond acceptors (Lipinski definition) is 5. The van der Waals surface area contributed by atoms with Crippen molar-refractivity contribution in [1.82, 2.24) is 15.3 Å². The highest BCUT2D eigenvalue weighted by molar-refractivity contribution is 5.87.